The Morgan fingerprint density at radius 3 is 2.43 bits per heavy atom. The third-order valence-corrected chi connectivity index (χ3v) is 9.47. The van der Waals surface area contributed by atoms with Crippen molar-refractivity contribution in [2.75, 3.05) is 7.11 Å². The molecule has 3 aliphatic rings. The summed E-state index contributed by atoms with van der Waals surface area (Å²) >= 11 is 0. The highest BCUT2D eigenvalue weighted by molar-refractivity contribution is 5.72. The van der Waals surface area contributed by atoms with E-state index in [4.69, 9.17) is 14.5 Å². The van der Waals surface area contributed by atoms with E-state index in [2.05, 4.69) is 34.6 Å². The first-order valence-corrected chi connectivity index (χ1v) is 12.0. The lowest BCUT2D eigenvalue weighted by molar-refractivity contribution is -0.412. The topological polar surface area (TPSA) is 65.0 Å². The van der Waals surface area contributed by atoms with Gasteiger partial charge in [-0.15, -0.1) is 0 Å². The Hall–Kier alpha value is -0.650. The van der Waals surface area contributed by atoms with Gasteiger partial charge in [0.15, 0.2) is 0 Å². The largest absolute Gasteiger partial charge is 0.469 e. The summed E-state index contributed by atoms with van der Waals surface area (Å²) in [4.78, 5) is 23.4. The minimum Gasteiger partial charge on any atom is -0.469 e. The summed E-state index contributed by atoms with van der Waals surface area (Å²) in [7, 11) is 1.41. The second-order valence-electron chi connectivity index (χ2n) is 11.7. The summed E-state index contributed by atoms with van der Waals surface area (Å²) < 4.78 is 4.85. The van der Waals surface area contributed by atoms with Gasteiger partial charge in [-0.3, -0.25) is 4.79 Å². The molecule has 0 aromatic carbocycles. The van der Waals surface area contributed by atoms with Gasteiger partial charge < -0.3 is 9.84 Å². The maximum Gasteiger partial charge on any atom is 0.311 e. The molecule has 174 valence electrons. The molecular formula is C25H44O5. The van der Waals surface area contributed by atoms with Crippen LogP contribution in [0, 0.1) is 28.6 Å². The Morgan fingerprint density at radius 2 is 1.83 bits per heavy atom. The van der Waals surface area contributed by atoms with Crippen molar-refractivity contribution in [3.05, 3.63) is 0 Å². The Kier molecular flexibility index (Phi) is 6.69. The second kappa shape index (κ2) is 8.37. The van der Waals surface area contributed by atoms with Crippen molar-refractivity contribution in [2.24, 2.45) is 28.6 Å². The van der Waals surface area contributed by atoms with Crippen LogP contribution in [0.25, 0.3) is 0 Å². The van der Waals surface area contributed by atoms with Crippen LogP contribution in [0.15, 0.2) is 0 Å². The van der Waals surface area contributed by atoms with E-state index < -0.39 is 5.60 Å². The lowest BCUT2D eigenvalue weighted by Crippen LogP contribution is -2.65. The first-order chi connectivity index (χ1) is 13.9. The SMILES string of the molecule is COC(=O)[C@@H](C)[C@@H]1CC[C@@](C)(CC[C@H]2[C@H](C)CC[C@@]3(O)C(C)(C)CCC[C@]23C)OO1. The van der Waals surface area contributed by atoms with E-state index in [-0.39, 0.29) is 34.4 Å². The molecule has 0 aromatic heterocycles. The first-order valence-electron chi connectivity index (χ1n) is 12.0. The van der Waals surface area contributed by atoms with Gasteiger partial charge in [-0.2, -0.15) is 0 Å². The predicted octanol–water partition coefficient (Wildman–Crippen LogP) is 5.44. The molecule has 1 aliphatic heterocycles. The van der Waals surface area contributed by atoms with E-state index in [9.17, 15) is 9.90 Å². The van der Waals surface area contributed by atoms with E-state index in [0.717, 1.165) is 51.4 Å². The third-order valence-electron chi connectivity index (χ3n) is 9.47. The highest BCUT2D eigenvalue weighted by atomic mass is 17.2. The van der Waals surface area contributed by atoms with Crippen LogP contribution in [0.2, 0.25) is 0 Å². The van der Waals surface area contributed by atoms with Crippen LogP contribution in [0.4, 0.5) is 0 Å². The Bertz CT molecular complexity index is 623. The lowest BCUT2D eigenvalue weighted by Gasteiger charge is -2.64. The Morgan fingerprint density at radius 1 is 1.13 bits per heavy atom. The van der Waals surface area contributed by atoms with Gasteiger partial charge in [0.25, 0.3) is 0 Å². The molecule has 5 heteroatoms. The summed E-state index contributed by atoms with van der Waals surface area (Å²) in [6.45, 7) is 13.2. The van der Waals surface area contributed by atoms with Crippen LogP contribution in [-0.2, 0) is 19.3 Å². The molecule has 1 N–H and O–H groups in total. The summed E-state index contributed by atoms with van der Waals surface area (Å²) in [6, 6.07) is 0. The molecule has 1 heterocycles. The van der Waals surface area contributed by atoms with Gasteiger partial charge in [0.05, 0.1) is 18.6 Å². The summed E-state index contributed by atoms with van der Waals surface area (Å²) in [6.07, 6.45) is 8.77. The van der Waals surface area contributed by atoms with Crippen molar-refractivity contribution in [1.82, 2.24) is 0 Å². The van der Waals surface area contributed by atoms with Crippen molar-refractivity contribution in [3.8, 4) is 0 Å². The minimum absolute atomic E-state index is 0.0377. The average molecular weight is 425 g/mol. The molecule has 0 spiro atoms. The smallest absolute Gasteiger partial charge is 0.311 e. The van der Waals surface area contributed by atoms with E-state index in [1.165, 1.54) is 13.5 Å². The molecule has 1 saturated heterocycles. The fraction of sp³-hybridized carbons (Fsp3) is 0.960. The third kappa shape index (κ3) is 3.95. The summed E-state index contributed by atoms with van der Waals surface area (Å²) in [5.41, 5.74) is -1.03. The maximum absolute atomic E-state index is 11.9. The summed E-state index contributed by atoms with van der Waals surface area (Å²) in [5, 5.41) is 11.9. The van der Waals surface area contributed by atoms with E-state index in [0.29, 0.717) is 11.8 Å². The Balaban J connectivity index is 1.67. The molecule has 3 fully saturated rings. The van der Waals surface area contributed by atoms with Gasteiger partial charge in [0, 0.05) is 0 Å². The fourth-order valence-electron chi connectivity index (χ4n) is 7.08. The highest BCUT2D eigenvalue weighted by Crippen LogP contribution is 2.64. The molecule has 2 saturated carbocycles. The standard InChI is InChI=1S/C25H44O5/c1-17-9-16-25(27)22(3,4)12-8-13-24(25,6)19(17)10-14-23(5)15-11-20(29-30-23)18(2)21(26)28-7/h17-20,27H,8-16H2,1-7H3/t17-,18+,19+,20+,23-,24-,25-/m1/s1. The molecule has 3 rings (SSSR count). The molecule has 2 aliphatic carbocycles. The molecule has 0 radical (unpaired) electrons. The fourth-order valence-corrected chi connectivity index (χ4v) is 7.08. The number of hydrogen-bond donors (Lipinski definition) is 1. The van der Waals surface area contributed by atoms with E-state index in [1.54, 1.807) is 0 Å². The van der Waals surface area contributed by atoms with Gasteiger partial charge in [0.2, 0.25) is 0 Å². The van der Waals surface area contributed by atoms with Crippen LogP contribution in [0.5, 0.6) is 0 Å². The van der Waals surface area contributed by atoms with Gasteiger partial charge >= 0.3 is 5.97 Å². The van der Waals surface area contributed by atoms with Gasteiger partial charge in [0.1, 0.15) is 11.7 Å². The number of fused-ring (bicyclic) bond motifs is 1. The molecule has 0 unspecified atom stereocenters. The predicted molar refractivity (Wildman–Crippen MR) is 117 cm³/mol. The van der Waals surface area contributed by atoms with Crippen molar-refractivity contribution < 1.29 is 24.4 Å². The monoisotopic (exact) mass is 424 g/mol. The van der Waals surface area contributed by atoms with E-state index >= 15 is 0 Å². The normalized spacial score (nSPS) is 44.7. The van der Waals surface area contributed by atoms with Crippen LogP contribution >= 0.6 is 0 Å². The lowest BCUT2D eigenvalue weighted by atomic mass is 9.43. The van der Waals surface area contributed by atoms with Crippen LogP contribution in [-0.4, -0.2) is 35.5 Å². The number of ether oxygens (including phenoxy) is 1. The zero-order chi connectivity index (χ0) is 22.4. The zero-order valence-corrected chi connectivity index (χ0v) is 20.3. The quantitative estimate of drug-likeness (QED) is 0.470. The number of methoxy groups -OCH3 is 1. The van der Waals surface area contributed by atoms with Crippen molar-refractivity contribution in [2.45, 2.75) is 117 Å². The van der Waals surface area contributed by atoms with Crippen LogP contribution in [0.3, 0.4) is 0 Å². The number of rotatable bonds is 5. The number of carbonyl (C=O) groups is 1. The molecule has 0 bridgehead atoms. The minimum atomic E-state index is -0.596. The van der Waals surface area contributed by atoms with Gasteiger partial charge in [-0.05, 0) is 87.9 Å². The van der Waals surface area contributed by atoms with Crippen LogP contribution < -0.4 is 0 Å². The molecule has 0 aromatic rings. The average Bonchev–Trinajstić information content (AvgIpc) is 2.69. The van der Waals surface area contributed by atoms with Crippen LogP contribution in [0.1, 0.15) is 99.3 Å². The molecule has 0 amide bonds. The molecular weight excluding hydrogens is 380 g/mol. The molecule has 30 heavy (non-hydrogen) atoms. The second-order valence-corrected chi connectivity index (χ2v) is 11.7. The van der Waals surface area contributed by atoms with Gasteiger partial charge in [-0.1, -0.05) is 34.1 Å². The van der Waals surface area contributed by atoms with E-state index in [1.807, 2.05) is 6.92 Å². The number of carbonyl (C=O) groups excluding carboxylic acids is 1. The number of aliphatic hydroxyl groups is 1. The zero-order valence-electron chi connectivity index (χ0n) is 20.3. The Labute approximate surface area is 183 Å². The van der Waals surface area contributed by atoms with Crippen molar-refractivity contribution >= 4 is 5.97 Å². The molecule has 7 atom stereocenters. The maximum atomic E-state index is 11.9. The first kappa shape index (κ1) is 24.0. The van der Waals surface area contributed by atoms with Gasteiger partial charge in [-0.25, -0.2) is 9.78 Å². The number of hydrogen-bond acceptors (Lipinski definition) is 5. The highest BCUT2D eigenvalue weighted by Gasteiger charge is 2.63. The summed E-state index contributed by atoms with van der Waals surface area (Å²) in [5.74, 6) is 0.499. The number of esters is 1. The van der Waals surface area contributed by atoms with Crippen molar-refractivity contribution in [1.29, 1.82) is 0 Å². The van der Waals surface area contributed by atoms with Crippen molar-refractivity contribution in [3.63, 3.8) is 0 Å². The molecule has 5 nitrogen and oxygen atoms in total.